The summed E-state index contributed by atoms with van der Waals surface area (Å²) in [4.78, 5) is 54.3. The van der Waals surface area contributed by atoms with E-state index in [4.69, 9.17) is 0 Å². The molecule has 4 saturated heterocycles. The van der Waals surface area contributed by atoms with Crippen molar-refractivity contribution in [2.24, 2.45) is 0 Å². The number of likely N-dealkylation sites (tertiary alicyclic amines) is 4. The predicted molar refractivity (Wildman–Crippen MR) is 173 cm³/mol. The van der Waals surface area contributed by atoms with E-state index in [1.165, 1.54) is 0 Å². The SMILES string of the molecule is CC(C)(C)N1CC2([N+](=O)[O-])CN(C(C)(C)C)CC([N+](=O)[O-])(C1)C2.CC(C)(C)N1CC2([N+](=O)[O-])CN(C(C)(C)C)CC([N+](=O)[O-])(C1)C2. The minimum atomic E-state index is -1.29. The van der Waals surface area contributed by atoms with Crippen LogP contribution in [0.3, 0.4) is 0 Å². The van der Waals surface area contributed by atoms with E-state index in [2.05, 4.69) is 0 Å². The number of hydrogen-bond donors (Lipinski definition) is 0. The zero-order valence-corrected chi connectivity index (χ0v) is 29.9. The first-order chi connectivity index (χ1) is 20.4. The third-order valence-electron chi connectivity index (χ3n) is 10.5. The maximum atomic E-state index is 11.9. The van der Waals surface area contributed by atoms with Crippen LogP contribution < -0.4 is 0 Å². The van der Waals surface area contributed by atoms with Crippen molar-refractivity contribution < 1.29 is 19.7 Å². The summed E-state index contributed by atoms with van der Waals surface area (Å²) < 4.78 is 0. The Hall–Kier alpha value is -2.56. The van der Waals surface area contributed by atoms with Gasteiger partial charge in [0.25, 0.3) is 22.2 Å². The molecule has 4 aliphatic rings. The van der Waals surface area contributed by atoms with Gasteiger partial charge in [-0.1, -0.05) is 0 Å². The van der Waals surface area contributed by atoms with Gasteiger partial charge in [-0.15, -0.1) is 0 Å². The molecule has 0 saturated carbocycles. The van der Waals surface area contributed by atoms with Crippen LogP contribution in [0.4, 0.5) is 0 Å². The summed E-state index contributed by atoms with van der Waals surface area (Å²) in [5, 5.41) is 47.7. The maximum Gasteiger partial charge on any atom is 0.254 e. The molecule has 0 unspecified atom stereocenters. The Bertz CT molecular complexity index is 1020. The van der Waals surface area contributed by atoms with E-state index in [9.17, 15) is 40.5 Å². The maximum absolute atomic E-state index is 11.9. The molecular formula is C30H56N8O8. The van der Waals surface area contributed by atoms with Crippen molar-refractivity contribution in [2.75, 3.05) is 52.4 Å². The smallest absolute Gasteiger partial charge is 0.254 e. The van der Waals surface area contributed by atoms with Gasteiger partial charge in [0.1, 0.15) is 0 Å². The summed E-state index contributed by atoms with van der Waals surface area (Å²) in [6.45, 7) is 25.5. The van der Waals surface area contributed by atoms with Crippen LogP contribution in [0.25, 0.3) is 0 Å². The molecule has 4 aliphatic heterocycles. The highest BCUT2D eigenvalue weighted by Gasteiger charge is 2.69. The highest BCUT2D eigenvalue weighted by atomic mass is 16.6. The van der Waals surface area contributed by atoms with E-state index in [0.29, 0.717) is 0 Å². The van der Waals surface area contributed by atoms with Crippen molar-refractivity contribution in [1.82, 2.24) is 19.6 Å². The first-order valence-electron chi connectivity index (χ1n) is 16.0. The monoisotopic (exact) mass is 656 g/mol. The Morgan fingerprint density at radius 1 is 0.370 bits per heavy atom. The second kappa shape index (κ2) is 11.5. The van der Waals surface area contributed by atoms with E-state index in [-0.39, 0.29) is 107 Å². The van der Waals surface area contributed by atoms with E-state index in [1.807, 2.05) is 103 Å². The second-order valence-corrected chi connectivity index (χ2v) is 18.4. The summed E-state index contributed by atoms with van der Waals surface area (Å²) in [6, 6.07) is 0. The number of fused-ring (bicyclic) bond motifs is 4. The third kappa shape index (κ3) is 7.14. The molecule has 0 amide bonds. The normalized spacial score (nSPS) is 33.5. The molecule has 0 aromatic heterocycles. The number of rotatable bonds is 4. The molecular weight excluding hydrogens is 600 g/mol. The third-order valence-corrected chi connectivity index (χ3v) is 10.5. The Labute approximate surface area is 272 Å². The van der Waals surface area contributed by atoms with Crippen molar-refractivity contribution in [3.63, 3.8) is 0 Å². The Morgan fingerprint density at radius 3 is 0.587 bits per heavy atom. The molecule has 0 aromatic rings. The van der Waals surface area contributed by atoms with E-state index >= 15 is 0 Å². The average molecular weight is 657 g/mol. The summed E-state index contributed by atoms with van der Waals surface area (Å²) in [7, 11) is 0. The van der Waals surface area contributed by atoms with Crippen molar-refractivity contribution >= 4 is 0 Å². The fraction of sp³-hybridized carbons (Fsp3) is 1.00. The summed E-state index contributed by atoms with van der Waals surface area (Å²) >= 11 is 0. The second-order valence-electron chi connectivity index (χ2n) is 18.4. The zero-order chi connectivity index (χ0) is 35.7. The Morgan fingerprint density at radius 2 is 0.500 bits per heavy atom. The molecule has 4 heterocycles. The minimum Gasteiger partial charge on any atom is -0.284 e. The van der Waals surface area contributed by atoms with Gasteiger partial charge in [0.2, 0.25) is 0 Å². The van der Waals surface area contributed by atoms with E-state index in [0.717, 1.165) is 0 Å². The summed E-state index contributed by atoms with van der Waals surface area (Å²) in [5.74, 6) is 0. The highest BCUT2D eigenvalue weighted by Crippen LogP contribution is 2.44. The largest absolute Gasteiger partial charge is 0.284 e. The summed E-state index contributed by atoms with van der Waals surface area (Å²) in [5.41, 5.74) is -6.51. The van der Waals surface area contributed by atoms with Gasteiger partial charge >= 0.3 is 0 Å². The van der Waals surface area contributed by atoms with Crippen molar-refractivity contribution in [2.45, 2.75) is 140 Å². The molecule has 4 rings (SSSR count). The van der Waals surface area contributed by atoms with Gasteiger partial charge in [-0.3, -0.25) is 60.1 Å². The van der Waals surface area contributed by atoms with Gasteiger partial charge < -0.3 is 0 Å². The molecule has 0 spiro atoms. The van der Waals surface area contributed by atoms with Crippen molar-refractivity contribution in [3.8, 4) is 0 Å². The predicted octanol–water partition coefficient (Wildman–Crippen LogP) is 3.27. The van der Waals surface area contributed by atoms with Crippen LogP contribution in [-0.2, 0) is 0 Å². The summed E-state index contributed by atoms with van der Waals surface area (Å²) in [6.07, 6.45) is 0.0261. The molecule has 0 aliphatic carbocycles. The van der Waals surface area contributed by atoms with Crippen LogP contribution in [-0.4, -0.2) is 136 Å². The van der Waals surface area contributed by atoms with Gasteiger partial charge in [-0.2, -0.15) is 0 Å². The molecule has 16 heteroatoms. The Kier molecular flexibility index (Phi) is 9.51. The standard InChI is InChI=1S/2C15H28N4O4/c2*1-12(2,3)16-8-14(18(20)21)7-15(9-16,19(22)23)11-17(10-14)13(4,5)6/h2*7-11H2,1-6H3. The number of piperidine rings is 4. The first-order valence-corrected chi connectivity index (χ1v) is 16.0. The van der Waals surface area contributed by atoms with E-state index < -0.39 is 22.2 Å². The van der Waals surface area contributed by atoms with Gasteiger partial charge in [-0.05, 0) is 83.1 Å². The van der Waals surface area contributed by atoms with Crippen LogP contribution in [0.5, 0.6) is 0 Å². The highest BCUT2D eigenvalue weighted by molar-refractivity contribution is 5.12. The van der Waals surface area contributed by atoms with Crippen LogP contribution in [0.1, 0.15) is 95.9 Å². The fourth-order valence-electron chi connectivity index (χ4n) is 7.56. The molecule has 16 nitrogen and oxygen atoms in total. The van der Waals surface area contributed by atoms with E-state index in [1.54, 1.807) is 0 Å². The van der Waals surface area contributed by atoms with Gasteiger partial charge in [0.05, 0.1) is 65.2 Å². The molecule has 4 bridgehead atoms. The lowest BCUT2D eigenvalue weighted by Crippen LogP contribution is -2.78. The molecule has 0 aromatic carbocycles. The minimum absolute atomic E-state index is 0.0131. The van der Waals surface area contributed by atoms with Crippen LogP contribution in [0.15, 0.2) is 0 Å². The molecule has 0 radical (unpaired) electrons. The van der Waals surface area contributed by atoms with Crippen LogP contribution >= 0.6 is 0 Å². The average Bonchev–Trinajstić information content (AvgIpc) is 2.85. The lowest BCUT2D eigenvalue weighted by Gasteiger charge is -2.55. The molecule has 0 atom stereocenters. The first kappa shape index (κ1) is 37.9. The number of nitro groups is 4. The molecule has 264 valence electrons. The topological polar surface area (TPSA) is 186 Å². The molecule has 4 fully saturated rings. The van der Waals surface area contributed by atoms with Crippen molar-refractivity contribution in [3.05, 3.63) is 40.5 Å². The zero-order valence-electron chi connectivity index (χ0n) is 29.9. The van der Waals surface area contributed by atoms with Gasteiger partial charge in [0.15, 0.2) is 0 Å². The Balaban J connectivity index is 0.000000250. The lowest BCUT2D eigenvalue weighted by molar-refractivity contribution is -0.638. The fourth-order valence-corrected chi connectivity index (χ4v) is 7.56. The lowest BCUT2D eigenvalue weighted by atomic mass is 9.71. The van der Waals surface area contributed by atoms with Crippen LogP contribution in [0.2, 0.25) is 0 Å². The van der Waals surface area contributed by atoms with Gasteiger partial charge in [-0.25, -0.2) is 0 Å². The quantitative estimate of drug-likeness (QED) is 0.318. The molecule has 46 heavy (non-hydrogen) atoms. The van der Waals surface area contributed by atoms with Crippen LogP contribution in [0, 0.1) is 40.5 Å². The van der Waals surface area contributed by atoms with Gasteiger partial charge in [0, 0.05) is 41.8 Å². The number of hydrogen-bond acceptors (Lipinski definition) is 12. The van der Waals surface area contributed by atoms with Crippen molar-refractivity contribution in [1.29, 1.82) is 0 Å². The number of nitrogens with zero attached hydrogens (tertiary/aromatic N) is 8. The molecule has 0 N–H and O–H groups in total.